The van der Waals surface area contributed by atoms with E-state index in [2.05, 4.69) is 30.9 Å². The number of pyridine rings is 1. The minimum atomic E-state index is 0.203. The number of benzene rings is 1. The van der Waals surface area contributed by atoms with Gasteiger partial charge in [0.2, 0.25) is 5.95 Å². The van der Waals surface area contributed by atoms with Crippen LogP contribution in [-0.4, -0.2) is 19.4 Å². The SMILES string of the molecule is Nc1nc2ccccc2ncn2cc(Br)ccc2n1. The topological polar surface area (TPSA) is 69.1 Å². The minimum Gasteiger partial charge on any atom is -0.368 e. The number of aromatic nitrogens is 4. The van der Waals surface area contributed by atoms with Crippen LogP contribution in [0.2, 0.25) is 0 Å². The van der Waals surface area contributed by atoms with Crippen molar-refractivity contribution < 1.29 is 0 Å². The largest absolute Gasteiger partial charge is 0.368 e. The summed E-state index contributed by atoms with van der Waals surface area (Å²) in [5.41, 5.74) is 7.96. The summed E-state index contributed by atoms with van der Waals surface area (Å²) in [6.45, 7) is 0. The maximum absolute atomic E-state index is 5.84. The van der Waals surface area contributed by atoms with E-state index in [0.717, 1.165) is 9.99 Å². The number of para-hydroxylation sites is 2. The quantitative estimate of drug-likeness (QED) is 0.692. The smallest absolute Gasteiger partial charge is 0.222 e. The van der Waals surface area contributed by atoms with Crippen molar-refractivity contribution >= 4 is 38.6 Å². The Morgan fingerprint density at radius 2 is 1.79 bits per heavy atom. The summed E-state index contributed by atoms with van der Waals surface area (Å²) in [7, 11) is 0. The molecule has 2 aromatic heterocycles. The minimum absolute atomic E-state index is 0.203. The van der Waals surface area contributed by atoms with Crippen molar-refractivity contribution in [1.82, 2.24) is 19.4 Å². The number of anilines is 1. The van der Waals surface area contributed by atoms with Crippen LogP contribution < -0.4 is 5.73 Å². The fourth-order valence-electron chi connectivity index (χ4n) is 1.73. The van der Waals surface area contributed by atoms with Crippen molar-refractivity contribution in [3.8, 4) is 0 Å². The highest BCUT2D eigenvalue weighted by Gasteiger charge is 1.96. The summed E-state index contributed by atoms with van der Waals surface area (Å²) >= 11 is 3.42. The van der Waals surface area contributed by atoms with Crippen LogP contribution in [-0.2, 0) is 0 Å². The van der Waals surface area contributed by atoms with Crippen LogP contribution in [0.4, 0.5) is 5.95 Å². The van der Waals surface area contributed by atoms with Crippen molar-refractivity contribution in [1.29, 1.82) is 0 Å². The maximum Gasteiger partial charge on any atom is 0.222 e. The van der Waals surface area contributed by atoms with E-state index >= 15 is 0 Å². The molecule has 3 rings (SSSR count). The van der Waals surface area contributed by atoms with E-state index in [1.165, 1.54) is 0 Å². The fourth-order valence-corrected chi connectivity index (χ4v) is 2.08. The number of nitrogens with zero attached hydrogens (tertiary/aromatic N) is 4. The van der Waals surface area contributed by atoms with Crippen LogP contribution in [0.3, 0.4) is 0 Å². The Kier molecular flexibility index (Phi) is 3.00. The molecule has 0 aliphatic heterocycles. The van der Waals surface area contributed by atoms with E-state index < -0.39 is 0 Å². The number of halogens is 1. The van der Waals surface area contributed by atoms with Gasteiger partial charge >= 0.3 is 0 Å². The highest BCUT2D eigenvalue weighted by atomic mass is 79.9. The zero-order valence-electron chi connectivity index (χ0n) is 9.86. The van der Waals surface area contributed by atoms with E-state index in [4.69, 9.17) is 5.73 Å². The van der Waals surface area contributed by atoms with Crippen LogP contribution in [0.5, 0.6) is 0 Å². The molecule has 6 heteroatoms. The first-order valence-corrected chi connectivity index (χ1v) is 6.41. The van der Waals surface area contributed by atoms with Gasteiger partial charge in [0.1, 0.15) is 12.0 Å². The van der Waals surface area contributed by atoms with Crippen LogP contribution in [0, 0.1) is 0 Å². The van der Waals surface area contributed by atoms with Gasteiger partial charge in [0, 0.05) is 10.7 Å². The third-order valence-electron chi connectivity index (χ3n) is 2.59. The molecule has 2 N–H and O–H groups in total. The van der Waals surface area contributed by atoms with Crippen molar-refractivity contribution in [3.63, 3.8) is 0 Å². The van der Waals surface area contributed by atoms with Gasteiger partial charge in [-0.05, 0) is 40.2 Å². The highest BCUT2D eigenvalue weighted by molar-refractivity contribution is 9.10. The summed E-state index contributed by atoms with van der Waals surface area (Å²) in [5.74, 6) is 0.203. The van der Waals surface area contributed by atoms with Crippen LogP contribution in [0.15, 0.2) is 53.4 Å². The van der Waals surface area contributed by atoms with Gasteiger partial charge in [-0.1, -0.05) is 12.1 Å². The van der Waals surface area contributed by atoms with Gasteiger partial charge in [0.25, 0.3) is 0 Å². The molecular formula is C13H10BrN5. The Morgan fingerprint density at radius 3 is 2.63 bits per heavy atom. The molecule has 19 heavy (non-hydrogen) atoms. The number of rotatable bonds is 0. The predicted octanol–water partition coefficient (Wildman–Crippen LogP) is 2.75. The third kappa shape index (κ3) is 2.48. The molecule has 0 saturated heterocycles. The molecule has 0 atom stereocenters. The molecule has 94 valence electrons. The average Bonchev–Trinajstić information content (AvgIpc) is 2.46. The molecule has 0 amide bonds. The second kappa shape index (κ2) is 4.81. The molecule has 0 spiro atoms. The van der Waals surface area contributed by atoms with Gasteiger partial charge in [0.05, 0.1) is 11.0 Å². The highest BCUT2D eigenvalue weighted by Crippen LogP contribution is 2.11. The van der Waals surface area contributed by atoms with Crippen molar-refractivity contribution in [2.45, 2.75) is 0 Å². The molecule has 0 saturated carbocycles. The average molecular weight is 316 g/mol. The van der Waals surface area contributed by atoms with E-state index in [1.807, 2.05) is 42.6 Å². The Morgan fingerprint density at radius 1 is 1.00 bits per heavy atom. The standard InChI is InChI=1S/C13H10BrN5/c14-9-5-6-12-18-13(15)17-11-4-2-1-3-10(11)16-8-19(12)7-9/h1-8H,(H2,15,17). The lowest BCUT2D eigenvalue weighted by molar-refractivity contribution is 1.07. The molecule has 1 aromatic carbocycles. The zero-order valence-corrected chi connectivity index (χ0v) is 11.4. The lowest BCUT2D eigenvalue weighted by Crippen LogP contribution is -1.93. The number of fused-ring (bicyclic) bond motifs is 2. The van der Waals surface area contributed by atoms with Crippen LogP contribution >= 0.6 is 15.9 Å². The first-order valence-electron chi connectivity index (χ1n) is 5.62. The van der Waals surface area contributed by atoms with E-state index in [9.17, 15) is 0 Å². The lowest BCUT2D eigenvalue weighted by Gasteiger charge is -1.96. The molecule has 0 aliphatic rings. The molecule has 2 heterocycles. The van der Waals surface area contributed by atoms with Crippen molar-refractivity contribution in [2.24, 2.45) is 0 Å². The summed E-state index contributed by atoms with van der Waals surface area (Å²) in [4.78, 5) is 13.0. The van der Waals surface area contributed by atoms with Gasteiger partial charge in [-0.2, -0.15) is 4.98 Å². The normalized spacial score (nSPS) is 10.6. The second-order valence-electron chi connectivity index (χ2n) is 3.93. The van der Waals surface area contributed by atoms with Gasteiger partial charge in [-0.15, -0.1) is 0 Å². The third-order valence-corrected chi connectivity index (χ3v) is 3.05. The molecular weight excluding hydrogens is 306 g/mol. The molecule has 3 aromatic rings. The summed E-state index contributed by atoms with van der Waals surface area (Å²) < 4.78 is 2.72. The Labute approximate surface area is 117 Å². The predicted molar refractivity (Wildman–Crippen MR) is 78.0 cm³/mol. The monoisotopic (exact) mass is 315 g/mol. The Balaban J connectivity index is 2.49. The molecule has 0 aliphatic carbocycles. The second-order valence-corrected chi connectivity index (χ2v) is 4.84. The van der Waals surface area contributed by atoms with Gasteiger partial charge in [0.15, 0.2) is 0 Å². The molecule has 0 fully saturated rings. The molecule has 5 nitrogen and oxygen atoms in total. The lowest BCUT2D eigenvalue weighted by atomic mass is 10.3. The summed E-state index contributed by atoms with van der Waals surface area (Å²) in [5, 5.41) is 0. The fraction of sp³-hybridized carbons (Fsp3) is 0. The van der Waals surface area contributed by atoms with E-state index in [1.54, 1.807) is 10.7 Å². The summed E-state index contributed by atoms with van der Waals surface area (Å²) in [6, 6.07) is 11.3. The number of hydrogen-bond acceptors (Lipinski definition) is 4. The molecule has 0 bridgehead atoms. The van der Waals surface area contributed by atoms with E-state index in [0.29, 0.717) is 11.2 Å². The number of hydrogen-bond donors (Lipinski definition) is 1. The Hall–Kier alpha value is -2.21. The van der Waals surface area contributed by atoms with Gasteiger partial charge in [-0.25, -0.2) is 9.97 Å². The maximum atomic E-state index is 5.84. The van der Waals surface area contributed by atoms with Gasteiger partial charge < -0.3 is 5.73 Å². The first-order chi connectivity index (χ1) is 9.22. The first kappa shape index (κ1) is 11.9. The number of nitrogen functional groups attached to an aromatic ring is 1. The zero-order chi connectivity index (χ0) is 13.2. The van der Waals surface area contributed by atoms with Crippen LogP contribution in [0.25, 0.3) is 16.7 Å². The van der Waals surface area contributed by atoms with Crippen molar-refractivity contribution in [2.75, 3.05) is 5.73 Å². The van der Waals surface area contributed by atoms with Crippen molar-refractivity contribution in [3.05, 3.63) is 53.4 Å². The molecule has 0 unspecified atom stereocenters. The summed E-state index contributed by atoms with van der Waals surface area (Å²) in [6.07, 6.45) is 3.56. The molecule has 0 radical (unpaired) electrons. The number of nitrogens with two attached hydrogens (primary N) is 1. The Bertz CT molecular complexity index is 810. The van der Waals surface area contributed by atoms with Gasteiger partial charge in [-0.3, -0.25) is 4.40 Å². The van der Waals surface area contributed by atoms with Crippen LogP contribution in [0.1, 0.15) is 0 Å². The van der Waals surface area contributed by atoms with E-state index in [-0.39, 0.29) is 5.95 Å².